The van der Waals surface area contributed by atoms with Crippen LogP contribution in [0.2, 0.25) is 0 Å². The second-order valence-electron chi connectivity index (χ2n) is 5.15. The molecule has 22 heavy (non-hydrogen) atoms. The van der Waals surface area contributed by atoms with E-state index in [-0.39, 0.29) is 0 Å². The lowest BCUT2D eigenvalue weighted by molar-refractivity contribution is 0.354. The topological polar surface area (TPSA) is 48.3 Å². The molecule has 2 aromatic rings. The molecule has 0 unspecified atom stereocenters. The van der Waals surface area contributed by atoms with Gasteiger partial charge in [0.05, 0.1) is 20.8 Å². The Morgan fingerprint density at radius 1 is 1.18 bits per heavy atom. The fraction of sp³-hybridized carbons (Fsp3) is 0.471. The van der Waals surface area contributed by atoms with Gasteiger partial charge in [0.1, 0.15) is 5.82 Å². The molecule has 0 aliphatic rings. The summed E-state index contributed by atoms with van der Waals surface area (Å²) >= 11 is 0. The summed E-state index contributed by atoms with van der Waals surface area (Å²) in [6, 6.07) is 6.04. The summed E-state index contributed by atoms with van der Waals surface area (Å²) in [6.45, 7) is 4.88. The van der Waals surface area contributed by atoms with Crippen molar-refractivity contribution in [1.82, 2.24) is 14.9 Å². The number of aryl methyl sites for hydroxylation is 1. The van der Waals surface area contributed by atoms with E-state index in [1.165, 1.54) is 5.56 Å². The van der Waals surface area contributed by atoms with E-state index >= 15 is 0 Å². The summed E-state index contributed by atoms with van der Waals surface area (Å²) < 4.78 is 12.8. The smallest absolute Gasteiger partial charge is 0.160 e. The quantitative estimate of drug-likeness (QED) is 0.724. The van der Waals surface area contributed by atoms with Crippen molar-refractivity contribution in [2.75, 3.05) is 20.8 Å². The lowest BCUT2D eigenvalue weighted by Gasteiger charge is -2.10. The van der Waals surface area contributed by atoms with Gasteiger partial charge in [0.2, 0.25) is 0 Å². The Morgan fingerprint density at radius 3 is 2.73 bits per heavy atom. The number of hydrogen-bond donors (Lipinski definition) is 1. The van der Waals surface area contributed by atoms with Crippen molar-refractivity contribution in [1.29, 1.82) is 0 Å². The second kappa shape index (κ2) is 8.44. The van der Waals surface area contributed by atoms with Gasteiger partial charge < -0.3 is 19.4 Å². The van der Waals surface area contributed by atoms with E-state index in [4.69, 9.17) is 9.47 Å². The highest BCUT2D eigenvalue weighted by Gasteiger charge is 2.05. The fourth-order valence-corrected chi connectivity index (χ4v) is 2.42. The number of aromatic nitrogens is 2. The first kappa shape index (κ1) is 16.4. The molecule has 0 aliphatic carbocycles. The molecule has 0 fully saturated rings. The minimum absolute atomic E-state index is 0.765. The van der Waals surface area contributed by atoms with Crippen molar-refractivity contribution < 1.29 is 9.47 Å². The van der Waals surface area contributed by atoms with Gasteiger partial charge in [0.15, 0.2) is 11.5 Å². The van der Waals surface area contributed by atoms with Gasteiger partial charge in [0.25, 0.3) is 0 Å². The summed E-state index contributed by atoms with van der Waals surface area (Å²) in [4.78, 5) is 4.39. The maximum atomic E-state index is 5.33. The monoisotopic (exact) mass is 303 g/mol. The third kappa shape index (κ3) is 4.24. The first-order chi connectivity index (χ1) is 10.8. The molecule has 0 bridgehead atoms. The van der Waals surface area contributed by atoms with Crippen LogP contribution in [-0.2, 0) is 19.5 Å². The van der Waals surface area contributed by atoms with Crippen molar-refractivity contribution in [3.05, 3.63) is 42.0 Å². The number of rotatable bonds is 9. The van der Waals surface area contributed by atoms with Crippen LogP contribution < -0.4 is 14.8 Å². The second-order valence-corrected chi connectivity index (χ2v) is 5.15. The molecule has 5 heteroatoms. The predicted octanol–water partition coefficient (Wildman–Crippen LogP) is 2.64. The molecule has 0 spiro atoms. The maximum Gasteiger partial charge on any atom is 0.160 e. The van der Waals surface area contributed by atoms with Gasteiger partial charge >= 0.3 is 0 Å². The lowest BCUT2D eigenvalue weighted by atomic mass is 10.1. The Balaban J connectivity index is 1.82. The van der Waals surface area contributed by atoms with Gasteiger partial charge in [-0.15, -0.1) is 0 Å². The number of benzene rings is 1. The van der Waals surface area contributed by atoms with Crippen LogP contribution in [0.15, 0.2) is 30.6 Å². The number of imidazole rings is 1. The van der Waals surface area contributed by atoms with E-state index in [0.29, 0.717) is 0 Å². The Kier molecular flexibility index (Phi) is 6.27. The Labute approximate surface area is 132 Å². The molecule has 1 aromatic heterocycles. The molecule has 1 heterocycles. The van der Waals surface area contributed by atoms with Crippen LogP contribution in [0.5, 0.6) is 11.5 Å². The summed E-state index contributed by atoms with van der Waals surface area (Å²) in [6.07, 6.45) is 5.96. The van der Waals surface area contributed by atoms with Crippen molar-refractivity contribution in [2.24, 2.45) is 0 Å². The van der Waals surface area contributed by atoms with Crippen LogP contribution in [0.4, 0.5) is 0 Å². The average Bonchev–Trinajstić information content (AvgIpc) is 2.99. The zero-order valence-corrected chi connectivity index (χ0v) is 13.6. The van der Waals surface area contributed by atoms with E-state index in [9.17, 15) is 0 Å². The molecular formula is C17H25N3O2. The van der Waals surface area contributed by atoms with E-state index in [0.717, 1.165) is 49.8 Å². The maximum absolute atomic E-state index is 5.33. The SMILES string of the molecule is CCCn1ccnc1CNCCc1ccc(OC)c(OC)c1. The van der Waals surface area contributed by atoms with Gasteiger partial charge in [-0.2, -0.15) is 0 Å². The summed E-state index contributed by atoms with van der Waals surface area (Å²) in [5, 5.41) is 3.45. The number of ether oxygens (including phenoxy) is 2. The normalized spacial score (nSPS) is 10.7. The minimum Gasteiger partial charge on any atom is -0.493 e. The van der Waals surface area contributed by atoms with Gasteiger partial charge in [-0.05, 0) is 37.1 Å². The molecule has 1 aromatic carbocycles. The lowest BCUT2D eigenvalue weighted by Crippen LogP contribution is -2.19. The predicted molar refractivity (Wildman–Crippen MR) is 87.5 cm³/mol. The molecule has 1 N–H and O–H groups in total. The summed E-state index contributed by atoms with van der Waals surface area (Å²) in [7, 11) is 3.31. The molecule has 0 atom stereocenters. The Hall–Kier alpha value is -2.01. The highest BCUT2D eigenvalue weighted by molar-refractivity contribution is 5.42. The van der Waals surface area contributed by atoms with Crippen LogP contribution in [0.3, 0.4) is 0 Å². The van der Waals surface area contributed by atoms with Crippen LogP contribution in [0, 0.1) is 0 Å². The van der Waals surface area contributed by atoms with E-state index < -0.39 is 0 Å². The van der Waals surface area contributed by atoms with Crippen molar-refractivity contribution in [3.63, 3.8) is 0 Å². The van der Waals surface area contributed by atoms with E-state index in [1.54, 1.807) is 14.2 Å². The van der Waals surface area contributed by atoms with Crippen molar-refractivity contribution in [2.45, 2.75) is 32.9 Å². The summed E-state index contributed by atoms with van der Waals surface area (Å²) in [5.74, 6) is 2.63. The largest absolute Gasteiger partial charge is 0.493 e. The van der Waals surface area contributed by atoms with Crippen LogP contribution >= 0.6 is 0 Å². The van der Waals surface area contributed by atoms with Crippen molar-refractivity contribution in [3.8, 4) is 11.5 Å². The highest BCUT2D eigenvalue weighted by Crippen LogP contribution is 2.27. The molecule has 2 rings (SSSR count). The molecule has 120 valence electrons. The zero-order chi connectivity index (χ0) is 15.8. The van der Waals surface area contributed by atoms with Crippen LogP contribution in [0.1, 0.15) is 24.7 Å². The van der Waals surface area contributed by atoms with Crippen LogP contribution in [0.25, 0.3) is 0 Å². The fourth-order valence-electron chi connectivity index (χ4n) is 2.42. The Morgan fingerprint density at radius 2 is 2.00 bits per heavy atom. The molecule has 5 nitrogen and oxygen atoms in total. The number of methoxy groups -OCH3 is 2. The van der Waals surface area contributed by atoms with Crippen molar-refractivity contribution >= 4 is 0 Å². The first-order valence-electron chi connectivity index (χ1n) is 7.70. The molecule has 0 saturated heterocycles. The highest BCUT2D eigenvalue weighted by atomic mass is 16.5. The standard InChI is InChI=1S/C17H25N3O2/c1-4-10-20-11-9-19-17(20)13-18-8-7-14-5-6-15(21-2)16(12-14)22-3/h5-6,9,11-12,18H,4,7-8,10,13H2,1-3H3. The number of hydrogen-bond acceptors (Lipinski definition) is 4. The third-order valence-electron chi connectivity index (χ3n) is 3.59. The van der Waals surface area contributed by atoms with Crippen LogP contribution in [-0.4, -0.2) is 30.3 Å². The van der Waals surface area contributed by atoms with E-state index in [2.05, 4.69) is 27.9 Å². The summed E-state index contributed by atoms with van der Waals surface area (Å²) in [5.41, 5.74) is 1.22. The van der Waals surface area contributed by atoms with Gasteiger partial charge in [-0.1, -0.05) is 13.0 Å². The number of nitrogens with zero attached hydrogens (tertiary/aromatic N) is 2. The number of nitrogens with one attached hydrogen (secondary N) is 1. The van der Waals surface area contributed by atoms with E-state index in [1.807, 2.05) is 24.5 Å². The first-order valence-corrected chi connectivity index (χ1v) is 7.70. The zero-order valence-electron chi connectivity index (χ0n) is 13.6. The third-order valence-corrected chi connectivity index (χ3v) is 3.59. The molecular weight excluding hydrogens is 278 g/mol. The Bertz CT molecular complexity index is 581. The molecule has 0 aliphatic heterocycles. The molecule has 0 saturated carbocycles. The molecule has 0 radical (unpaired) electrons. The van der Waals surface area contributed by atoms with Gasteiger partial charge in [0, 0.05) is 18.9 Å². The molecule has 0 amide bonds. The minimum atomic E-state index is 0.765. The van der Waals surface area contributed by atoms with Gasteiger partial charge in [-0.3, -0.25) is 0 Å². The average molecular weight is 303 g/mol. The van der Waals surface area contributed by atoms with Gasteiger partial charge in [-0.25, -0.2) is 4.98 Å².